The van der Waals surface area contributed by atoms with Crippen LogP contribution in [-0.4, -0.2) is 18.9 Å². The van der Waals surface area contributed by atoms with E-state index >= 15 is 0 Å². The Bertz CT molecular complexity index is 1100. The van der Waals surface area contributed by atoms with Gasteiger partial charge in [0, 0.05) is 23.4 Å². The molecule has 31 heavy (non-hydrogen) atoms. The SMILES string of the molecule is COc1ccccc1CNC(=O)c1cccc(NC(=O)c2ccccc2C(F)(F)F)c1. The second-order valence-corrected chi connectivity index (χ2v) is 6.57. The third-order valence-corrected chi connectivity index (χ3v) is 4.49. The van der Waals surface area contributed by atoms with Crippen molar-refractivity contribution < 1.29 is 27.5 Å². The molecular weight excluding hydrogens is 409 g/mol. The van der Waals surface area contributed by atoms with E-state index in [1.54, 1.807) is 6.07 Å². The molecule has 0 heterocycles. The monoisotopic (exact) mass is 428 g/mol. The van der Waals surface area contributed by atoms with Crippen LogP contribution in [0.15, 0.2) is 72.8 Å². The van der Waals surface area contributed by atoms with Crippen molar-refractivity contribution in [2.45, 2.75) is 12.7 Å². The lowest BCUT2D eigenvalue weighted by Crippen LogP contribution is -2.23. The van der Waals surface area contributed by atoms with E-state index in [-0.39, 0.29) is 17.8 Å². The fourth-order valence-electron chi connectivity index (χ4n) is 2.99. The average molecular weight is 428 g/mol. The summed E-state index contributed by atoms with van der Waals surface area (Å²) in [4.78, 5) is 24.9. The van der Waals surface area contributed by atoms with Gasteiger partial charge in [-0.05, 0) is 36.4 Å². The lowest BCUT2D eigenvalue weighted by molar-refractivity contribution is -0.137. The van der Waals surface area contributed by atoms with Crippen LogP contribution < -0.4 is 15.4 Å². The van der Waals surface area contributed by atoms with Crippen molar-refractivity contribution in [2.75, 3.05) is 12.4 Å². The molecule has 3 aromatic carbocycles. The lowest BCUT2D eigenvalue weighted by atomic mass is 10.1. The molecule has 0 radical (unpaired) electrons. The molecule has 5 nitrogen and oxygen atoms in total. The number of hydrogen-bond acceptors (Lipinski definition) is 3. The van der Waals surface area contributed by atoms with Crippen LogP contribution in [-0.2, 0) is 12.7 Å². The fourth-order valence-corrected chi connectivity index (χ4v) is 2.99. The molecule has 160 valence electrons. The Balaban J connectivity index is 1.72. The number of carbonyl (C=O) groups excluding carboxylic acids is 2. The fraction of sp³-hybridized carbons (Fsp3) is 0.130. The summed E-state index contributed by atoms with van der Waals surface area (Å²) in [6, 6.07) is 17.7. The molecule has 0 spiro atoms. The maximum absolute atomic E-state index is 13.2. The summed E-state index contributed by atoms with van der Waals surface area (Å²) in [5.74, 6) is -0.690. The van der Waals surface area contributed by atoms with Gasteiger partial charge in [0.2, 0.25) is 0 Å². The molecular formula is C23H19F3N2O3. The van der Waals surface area contributed by atoms with E-state index in [9.17, 15) is 22.8 Å². The predicted molar refractivity (Wildman–Crippen MR) is 110 cm³/mol. The van der Waals surface area contributed by atoms with Crippen molar-refractivity contribution in [1.82, 2.24) is 5.32 Å². The van der Waals surface area contributed by atoms with E-state index in [1.807, 2.05) is 18.2 Å². The highest BCUT2D eigenvalue weighted by Crippen LogP contribution is 2.32. The number of ether oxygens (including phenoxy) is 1. The summed E-state index contributed by atoms with van der Waals surface area (Å²) in [6.45, 7) is 0.221. The summed E-state index contributed by atoms with van der Waals surface area (Å²) in [5.41, 5.74) is -0.297. The number of benzene rings is 3. The second kappa shape index (κ2) is 9.34. The van der Waals surface area contributed by atoms with Gasteiger partial charge in [-0.1, -0.05) is 36.4 Å². The Morgan fingerprint density at radius 3 is 2.35 bits per heavy atom. The minimum atomic E-state index is -4.66. The van der Waals surface area contributed by atoms with E-state index in [4.69, 9.17) is 4.74 Å². The molecule has 0 aromatic heterocycles. The molecule has 2 N–H and O–H groups in total. The van der Waals surface area contributed by atoms with Crippen LogP contribution in [0.2, 0.25) is 0 Å². The Labute approximate surface area is 176 Å². The summed E-state index contributed by atoms with van der Waals surface area (Å²) in [7, 11) is 1.53. The highest BCUT2D eigenvalue weighted by atomic mass is 19.4. The number of amides is 2. The van der Waals surface area contributed by atoms with E-state index in [0.717, 1.165) is 17.7 Å². The van der Waals surface area contributed by atoms with Crippen LogP contribution in [0.5, 0.6) is 5.75 Å². The average Bonchev–Trinajstić information content (AvgIpc) is 2.77. The van der Waals surface area contributed by atoms with Crippen LogP contribution in [0.25, 0.3) is 0 Å². The molecule has 0 aliphatic rings. The van der Waals surface area contributed by atoms with Crippen molar-refractivity contribution in [3.8, 4) is 5.75 Å². The topological polar surface area (TPSA) is 67.4 Å². The first-order chi connectivity index (χ1) is 14.8. The minimum absolute atomic E-state index is 0.201. The highest BCUT2D eigenvalue weighted by molar-refractivity contribution is 6.06. The van der Waals surface area contributed by atoms with Crippen LogP contribution in [0.3, 0.4) is 0 Å². The quantitative estimate of drug-likeness (QED) is 0.587. The molecule has 0 fully saturated rings. The van der Waals surface area contributed by atoms with E-state index in [2.05, 4.69) is 10.6 Å². The van der Waals surface area contributed by atoms with Gasteiger partial charge in [-0.25, -0.2) is 0 Å². The van der Waals surface area contributed by atoms with Gasteiger partial charge in [0.1, 0.15) is 5.75 Å². The van der Waals surface area contributed by atoms with Crippen molar-refractivity contribution in [1.29, 1.82) is 0 Å². The second-order valence-electron chi connectivity index (χ2n) is 6.57. The van der Waals surface area contributed by atoms with Gasteiger partial charge < -0.3 is 15.4 Å². The van der Waals surface area contributed by atoms with E-state index in [1.165, 1.54) is 43.5 Å². The van der Waals surface area contributed by atoms with E-state index < -0.39 is 29.1 Å². The zero-order valence-electron chi connectivity index (χ0n) is 16.5. The van der Waals surface area contributed by atoms with Crippen molar-refractivity contribution >= 4 is 17.5 Å². The maximum atomic E-state index is 13.2. The highest BCUT2D eigenvalue weighted by Gasteiger charge is 2.34. The van der Waals surface area contributed by atoms with Gasteiger partial charge in [-0.2, -0.15) is 13.2 Å². The largest absolute Gasteiger partial charge is 0.496 e. The standard InChI is InChI=1S/C23H19F3N2O3/c1-31-20-12-5-2-7-16(20)14-27-21(29)15-8-6-9-17(13-15)28-22(30)18-10-3-4-11-19(18)23(24,25)26/h2-13H,14H2,1H3,(H,27,29)(H,28,30). The number of alkyl halides is 3. The number of carbonyl (C=O) groups is 2. The Hall–Kier alpha value is -3.81. The first kappa shape index (κ1) is 21.9. The third-order valence-electron chi connectivity index (χ3n) is 4.49. The van der Waals surface area contributed by atoms with Gasteiger partial charge in [0.25, 0.3) is 11.8 Å². The summed E-state index contributed by atoms with van der Waals surface area (Å²) >= 11 is 0. The number of halogens is 3. The number of rotatable bonds is 6. The predicted octanol–water partition coefficient (Wildman–Crippen LogP) is 4.90. The van der Waals surface area contributed by atoms with Gasteiger partial charge in [-0.15, -0.1) is 0 Å². The molecule has 0 saturated heterocycles. The molecule has 0 atom stereocenters. The Kier molecular flexibility index (Phi) is 6.59. The molecule has 3 rings (SSSR count). The third kappa shape index (κ3) is 5.42. The summed E-state index contributed by atoms with van der Waals surface area (Å²) in [6.07, 6.45) is -4.66. The van der Waals surface area contributed by atoms with Gasteiger partial charge >= 0.3 is 6.18 Å². The van der Waals surface area contributed by atoms with Crippen LogP contribution in [0.1, 0.15) is 31.8 Å². The lowest BCUT2D eigenvalue weighted by Gasteiger charge is -2.13. The molecule has 0 unspecified atom stereocenters. The normalized spacial score (nSPS) is 11.0. The molecule has 3 aromatic rings. The smallest absolute Gasteiger partial charge is 0.417 e. The number of anilines is 1. The van der Waals surface area contributed by atoms with Gasteiger partial charge in [0.15, 0.2) is 0 Å². The minimum Gasteiger partial charge on any atom is -0.496 e. The van der Waals surface area contributed by atoms with Crippen LogP contribution in [0, 0.1) is 0 Å². The Morgan fingerprint density at radius 2 is 1.61 bits per heavy atom. The van der Waals surface area contributed by atoms with Gasteiger partial charge in [-0.3, -0.25) is 9.59 Å². The number of para-hydroxylation sites is 1. The van der Waals surface area contributed by atoms with Crippen molar-refractivity contribution in [3.63, 3.8) is 0 Å². The van der Waals surface area contributed by atoms with Crippen LogP contribution >= 0.6 is 0 Å². The molecule has 2 amide bonds. The van der Waals surface area contributed by atoms with Gasteiger partial charge in [0.05, 0.1) is 18.2 Å². The number of hydrogen-bond donors (Lipinski definition) is 2. The molecule has 0 saturated carbocycles. The Morgan fingerprint density at radius 1 is 0.903 bits per heavy atom. The van der Waals surface area contributed by atoms with Crippen LogP contribution in [0.4, 0.5) is 18.9 Å². The first-order valence-corrected chi connectivity index (χ1v) is 9.27. The van der Waals surface area contributed by atoms with Crippen molar-refractivity contribution in [2.24, 2.45) is 0 Å². The summed E-state index contributed by atoms with van der Waals surface area (Å²) < 4.78 is 44.7. The summed E-state index contributed by atoms with van der Waals surface area (Å²) in [5, 5.41) is 5.17. The first-order valence-electron chi connectivity index (χ1n) is 9.27. The molecule has 0 aliphatic carbocycles. The molecule has 8 heteroatoms. The van der Waals surface area contributed by atoms with E-state index in [0.29, 0.717) is 5.75 Å². The zero-order valence-corrected chi connectivity index (χ0v) is 16.5. The maximum Gasteiger partial charge on any atom is 0.417 e. The zero-order chi connectivity index (χ0) is 22.4. The number of methoxy groups -OCH3 is 1. The molecule has 0 bridgehead atoms. The molecule has 0 aliphatic heterocycles. The van der Waals surface area contributed by atoms with Crippen molar-refractivity contribution in [3.05, 3.63) is 95.1 Å². The number of nitrogens with one attached hydrogen (secondary N) is 2.